The minimum Gasteiger partial charge on any atom is -0.387 e. The van der Waals surface area contributed by atoms with E-state index in [4.69, 9.17) is 5.11 Å². The first kappa shape index (κ1) is 27.5. The summed E-state index contributed by atoms with van der Waals surface area (Å²) in [6.07, 6.45) is 2.80. The van der Waals surface area contributed by atoms with E-state index in [-0.39, 0.29) is 40.7 Å². The van der Waals surface area contributed by atoms with Crippen LogP contribution < -0.4 is 5.32 Å². The second-order valence-corrected chi connectivity index (χ2v) is 10.2. The van der Waals surface area contributed by atoms with Crippen molar-refractivity contribution in [2.45, 2.75) is 39.8 Å². The van der Waals surface area contributed by atoms with E-state index in [9.17, 15) is 13.6 Å². The van der Waals surface area contributed by atoms with Crippen LogP contribution in [0.1, 0.15) is 44.2 Å². The molecule has 12 heteroatoms. The maximum atomic E-state index is 15.0. The second-order valence-electron chi connectivity index (χ2n) is 10.2. The molecule has 0 aliphatic carbocycles. The smallest absolute Gasteiger partial charge is 0.248 e. The molecule has 3 aromatic heterocycles. The molecule has 40 heavy (non-hydrogen) atoms. The molecule has 0 radical (unpaired) electrons. The molecule has 4 aromatic rings. The predicted molar refractivity (Wildman–Crippen MR) is 147 cm³/mol. The first-order valence-electron chi connectivity index (χ1n) is 13.2. The fourth-order valence-corrected chi connectivity index (χ4v) is 5.20. The van der Waals surface area contributed by atoms with Gasteiger partial charge in [-0.05, 0) is 51.5 Å². The third-order valence-corrected chi connectivity index (χ3v) is 7.32. The third-order valence-electron chi connectivity index (χ3n) is 7.32. The van der Waals surface area contributed by atoms with Crippen LogP contribution in [0.2, 0.25) is 0 Å². The van der Waals surface area contributed by atoms with Crippen LogP contribution in [0.3, 0.4) is 0 Å². The topological polar surface area (TPSA) is 112 Å². The van der Waals surface area contributed by atoms with Crippen LogP contribution >= 0.6 is 0 Å². The standard InChI is InChI=1S/C28H32F2N8O2/c1-16(2)38-18(4)33-27-21(29)11-20(12-23(27)38)26-22(30)14-32-28(35-26)34-24-6-5-19(13-31-24)17(3)36-7-9-37(10-8-36)25(40)15-39/h5-6,11-14,16-17,39H,7-10,15H2,1-4H3,(H,31,32,34,35). The van der Waals surface area contributed by atoms with Gasteiger partial charge in [-0.3, -0.25) is 9.69 Å². The lowest BCUT2D eigenvalue weighted by molar-refractivity contribution is -0.136. The van der Waals surface area contributed by atoms with Crippen LogP contribution in [-0.4, -0.2) is 78.1 Å². The number of imidazole rings is 1. The minimum atomic E-state index is -0.672. The van der Waals surface area contributed by atoms with E-state index in [2.05, 4.69) is 37.1 Å². The summed E-state index contributed by atoms with van der Waals surface area (Å²) < 4.78 is 31.7. The molecule has 1 unspecified atom stereocenters. The van der Waals surface area contributed by atoms with Crippen molar-refractivity contribution in [3.8, 4) is 11.3 Å². The van der Waals surface area contributed by atoms with Gasteiger partial charge in [-0.15, -0.1) is 0 Å². The van der Waals surface area contributed by atoms with Gasteiger partial charge in [0.2, 0.25) is 11.9 Å². The number of piperazine rings is 1. The zero-order valence-electron chi connectivity index (χ0n) is 22.9. The van der Waals surface area contributed by atoms with Crippen LogP contribution in [0.25, 0.3) is 22.3 Å². The molecule has 1 fully saturated rings. The van der Waals surface area contributed by atoms with Gasteiger partial charge in [0.1, 0.15) is 29.5 Å². The number of carbonyl (C=O) groups is 1. The highest BCUT2D eigenvalue weighted by molar-refractivity contribution is 5.83. The highest BCUT2D eigenvalue weighted by Gasteiger charge is 2.24. The lowest BCUT2D eigenvalue weighted by Gasteiger charge is -2.38. The summed E-state index contributed by atoms with van der Waals surface area (Å²) in [5, 5.41) is 12.1. The molecule has 0 spiro atoms. The van der Waals surface area contributed by atoms with Crippen molar-refractivity contribution < 1.29 is 18.7 Å². The van der Waals surface area contributed by atoms with E-state index < -0.39 is 18.2 Å². The Balaban J connectivity index is 1.33. The van der Waals surface area contributed by atoms with Crippen LogP contribution in [-0.2, 0) is 4.79 Å². The highest BCUT2D eigenvalue weighted by Crippen LogP contribution is 2.30. The number of pyridine rings is 1. The van der Waals surface area contributed by atoms with Crippen molar-refractivity contribution >= 4 is 28.7 Å². The number of benzene rings is 1. The van der Waals surface area contributed by atoms with Gasteiger partial charge in [-0.1, -0.05) is 6.07 Å². The summed E-state index contributed by atoms with van der Waals surface area (Å²) >= 11 is 0. The Morgan fingerprint density at radius 2 is 1.77 bits per heavy atom. The Kier molecular flexibility index (Phi) is 7.72. The first-order valence-corrected chi connectivity index (χ1v) is 13.2. The number of aromatic nitrogens is 5. The van der Waals surface area contributed by atoms with Gasteiger partial charge in [-0.25, -0.2) is 28.7 Å². The van der Waals surface area contributed by atoms with Gasteiger partial charge in [0.05, 0.1) is 11.7 Å². The zero-order chi connectivity index (χ0) is 28.6. The molecule has 1 amide bonds. The van der Waals surface area contributed by atoms with E-state index in [0.29, 0.717) is 43.3 Å². The number of nitrogens with zero attached hydrogens (tertiary/aromatic N) is 7. The first-order chi connectivity index (χ1) is 19.2. The summed E-state index contributed by atoms with van der Waals surface area (Å²) in [7, 11) is 0. The van der Waals surface area contributed by atoms with E-state index in [1.165, 1.54) is 6.07 Å². The molecule has 5 rings (SSSR count). The van der Waals surface area contributed by atoms with Gasteiger partial charge in [-0.2, -0.15) is 0 Å². The Bertz CT molecular complexity index is 1530. The third kappa shape index (κ3) is 5.36. The number of anilines is 2. The molecular weight excluding hydrogens is 518 g/mol. The van der Waals surface area contributed by atoms with Crippen molar-refractivity contribution in [1.82, 2.24) is 34.3 Å². The van der Waals surface area contributed by atoms with Crippen molar-refractivity contribution in [2.24, 2.45) is 0 Å². The molecule has 4 heterocycles. The molecule has 1 aliphatic heterocycles. The molecule has 1 saturated heterocycles. The molecule has 210 valence electrons. The van der Waals surface area contributed by atoms with Gasteiger partial charge in [0, 0.05) is 50.0 Å². The fourth-order valence-electron chi connectivity index (χ4n) is 5.20. The second kappa shape index (κ2) is 11.2. The fraction of sp³-hybridized carbons (Fsp3) is 0.393. The highest BCUT2D eigenvalue weighted by atomic mass is 19.1. The maximum Gasteiger partial charge on any atom is 0.248 e. The number of fused-ring (bicyclic) bond motifs is 1. The molecule has 10 nitrogen and oxygen atoms in total. The van der Waals surface area contributed by atoms with E-state index in [1.54, 1.807) is 23.2 Å². The van der Waals surface area contributed by atoms with Gasteiger partial charge in [0.25, 0.3) is 0 Å². The number of rotatable bonds is 7. The Labute approximate surface area is 230 Å². The van der Waals surface area contributed by atoms with Gasteiger partial charge < -0.3 is 19.9 Å². The number of hydrogen-bond donors (Lipinski definition) is 2. The van der Waals surface area contributed by atoms with Crippen molar-refractivity contribution in [1.29, 1.82) is 0 Å². The normalized spacial score (nSPS) is 15.2. The Morgan fingerprint density at radius 1 is 1.02 bits per heavy atom. The molecule has 0 saturated carbocycles. The summed E-state index contributed by atoms with van der Waals surface area (Å²) in [6, 6.07) is 6.79. The van der Waals surface area contributed by atoms with Crippen LogP contribution in [0, 0.1) is 18.6 Å². The SMILES string of the molecule is Cc1nc2c(F)cc(-c3nc(Nc4ccc(C(C)N5CCN(C(=O)CO)CC5)cn4)ncc3F)cc2n1C(C)C. The maximum absolute atomic E-state index is 15.0. The average Bonchev–Trinajstić information content (AvgIpc) is 3.30. The monoisotopic (exact) mass is 550 g/mol. The molecule has 1 aromatic carbocycles. The number of nitrogens with one attached hydrogen (secondary N) is 1. The number of aliphatic hydroxyl groups is 1. The molecule has 2 N–H and O–H groups in total. The molecule has 1 atom stereocenters. The number of carbonyl (C=O) groups excluding carboxylic acids is 1. The molecule has 1 aliphatic rings. The zero-order valence-corrected chi connectivity index (χ0v) is 22.9. The quantitative estimate of drug-likeness (QED) is 0.355. The predicted octanol–water partition coefficient (Wildman–Crippen LogP) is 4.00. The van der Waals surface area contributed by atoms with Crippen LogP contribution in [0.15, 0.2) is 36.7 Å². The largest absolute Gasteiger partial charge is 0.387 e. The molecule has 0 bridgehead atoms. The number of aryl methyl sites for hydroxylation is 1. The summed E-state index contributed by atoms with van der Waals surface area (Å²) in [5.41, 5.74) is 2.06. The molecular formula is C28H32F2N8O2. The number of aliphatic hydroxyl groups excluding tert-OH is 1. The number of halogens is 2. The lowest BCUT2D eigenvalue weighted by atomic mass is 10.1. The van der Waals surface area contributed by atoms with Crippen LogP contribution in [0.5, 0.6) is 0 Å². The Morgan fingerprint density at radius 3 is 2.42 bits per heavy atom. The lowest BCUT2D eigenvalue weighted by Crippen LogP contribution is -2.50. The van der Waals surface area contributed by atoms with Crippen molar-refractivity contribution in [2.75, 3.05) is 38.1 Å². The van der Waals surface area contributed by atoms with Crippen LogP contribution in [0.4, 0.5) is 20.5 Å². The summed E-state index contributed by atoms with van der Waals surface area (Å²) in [6.45, 7) is 9.90. The van der Waals surface area contributed by atoms with Gasteiger partial charge in [0.15, 0.2) is 11.6 Å². The van der Waals surface area contributed by atoms with Crippen molar-refractivity contribution in [3.05, 3.63) is 59.7 Å². The summed E-state index contributed by atoms with van der Waals surface area (Å²) in [5.74, 6) is -0.191. The Hall–Kier alpha value is -4.03. The van der Waals surface area contributed by atoms with E-state index in [0.717, 1.165) is 11.8 Å². The number of hydrogen-bond acceptors (Lipinski definition) is 8. The van der Waals surface area contributed by atoms with Crippen molar-refractivity contribution in [3.63, 3.8) is 0 Å². The van der Waals surface area contributed by atoms with Gasteiger partial charge >= 0.3 is 0 Å². The number of amides is 1. The minimum absolute atomic E-state index is 0.0310. The van der Waals surface area contributed by atoms with E-state index >= 15 is 0 Å². The average molecular weight is 551 g/mol. The summed E-state index contributed by atoms with van der Waals surface area (Å²) in [4.78, 5) is 32.8. The van der Waals surface area contributed by atoms with E-state index in [1.807, 2.05) is 31.4 Å².